The molecule has 116 valence electrons. The zero-order valence-electron chi connectivity index (χ0n) is 13.1. The molecule has 1 N–H and O–H groups in total. The van der Waals surface area contributed by atoms with Crippen molar-refractivity contribution >= 4 is 21.6 Å². The van der Waals surface area contributed by atoms with Crippen LogP contribution in [0, 0.1) is 13.8 Å². The van der Waals surface area contributed by atoms with E-state index in [0.29, 0.717) is 0 Å². The molecule has 0 aliphatic rings. The minimum absolute atomic E-state index is 0.0630. The van der Waals surface area contributed by atoms with Gasteiger partial charge in [0.25, 0.3) is 5.56 Å². The van der Waals surface area contributed by atoms with Crippen LogP contribution in [0.2, 0.25) is 0 Å². The van der Waals surface area contributed by atoms with Crippen LogP contribution in [0.15, 0.2) is 11.1 Å². The van der Waals surface area contributed by atoms with Crippen LogP contribution in [-0.2, 0) is 4.74 Å². The summed E-state index contributed by atoms with van der Waals surface area (Å²) in [6.07, 6.45) is 2.64. The molecule has 0 saturated carbocycles. The van der Waals surface area contributed by atoms with Gasteiger partial charge < -0.3 is 10.1 Å². The molecule has 21 heavy (non-hydrogen) atoms. The SMILES string of the molecule is COCCCNCC(C)n1cnc2sc(C)c(C)c2c1=O. The molecule has 5 nitrogen and oxygen atoms in total. The van der Waals surface area contributed by atoms with Crippen molar-refractivity contribution in [2.75, 3.05) is 26.8 Å². The number of nitrogens with one attached hydrogen (secondary N) is 1. The first-order valence-electron chi connectivity index (χ1n) is 7.22. The summed E-state index contributed by atoms with van der Waals surface area (Å²) in [4.78, 5) is 19.1. The van der Waals surface area contributed by atoms with Crippen molar-refractivity contribution in [1.29, 1.82) is 0 Å². The maximum Gasteiger partial charge on any atom is 0.262 e. The highest BCUT2D eigenvalue weighted by molar-refractivity contribution is 7.18. The number of ether oxygens (including phenoxy) is 1. The molecule has 0 radical (unpaired) electrons. The lowest BCUT2D eigenvalue weighted by Gasteiger charge is -2.15. The predicted octanol–water partition coefficient (Wildman–Crippen LogP) is 2.26. The van der Waals surface area contributed by atoms with Gasteiger partial charge in [-0.2, -0.15) is 0 Å². The average molecular weight is 309 g/mol. The van der Waals surface area contributed by atoms with Gasteiger partial charge >= 0.3 is 0 Å². The van der Waals surface area contributed by atoms with Crippen molar-refractivity contribution in [2.45, 2.75) is 33.2 Å². The van der Waals surface area contributed by atoms with Crippen LogP contribution >= 0.6 is 11.3 Å². The van der Waals surface area contributed by atoms with Crippen LogP contribution < -0.4 is 10.9 Å². The Balaban J connectivity index is 2.13. The zero-order valence-corrected chi connectivity index (χ0v) is 13.9. The Morgan fingerprint density at radius 3 is 2.95 bits per heavy atom. The van der Waals surface area contributed by atoms with E-state index in [1.54, 1.807) is 29.3 Å². The van der Waals surface area contributed by atoms with Gasteiger partial charge in [0.15, 0.2) is 0 Å². The molecule has 0 saturated heterocycles. The highest BCUT2D eigenvalue weighted by Crippen LogP contribution is 2.25. The van der Waals surface area contributed by atoms with E-state index in [4.69, 9.17) is 4.74 Å². The Kier molecular flexibility index (Phi) is 5.50. The molecule has 0 fully saturated rings. The average Bonchev–Trinajstić information content (AvgIpc) is 2.75. The second-order valence-electron chi connectivity index (χ2n) is 5.32. The highest BCUT2D eigenvalue weighted by Gasteiger charge is 2.14. The van der Waals surface area contributed by atoms with Crippen LogP contribution in [0.4, 0.5) is 0 Å². The summed E-state index contributed by atoms with van der Waals surface area (Å²) < 4.78 is 6.74. The van der Waals surface area contributed by atoms with Crippen LogP contribution in [0.5, 0.6) is 0 Å². The quantitative estimate of drug-likeness (QED) is 0.797. The van der Waals surface area contributed by atoms with Gasteiger partial charge in [0, 0.05) is 31.2 Å². The summed E-state index contributed by atoms with van der Waals surface area (Å²) in [5.41, 5.74) is 1.12. The molecule has 1 atom stereocenters. The van der Waals surface area contributed by atoms with Crippen LogP contribution in [0.1, 0.15) is 29.8 Å². The van der Waals surface area contributed by atoms with Crippen molar-refractivity contribution < 1.29 is 4.74 Å². The topological polar surface area (TPSA) is 56.1 Å². The van der Waals surface area contributed by atoms with Gasteiger partial charge in [-0.3, -0.25) is 9.36 Å². The van der Waals surface area contributed by atoms with E-state index in [-0.39, 0.29) is 11.6 Å². The lowest BCUT2D eigenvalue weighted by atomic mass is 10.2. The molecular weight excluding hydrogens is 286 g/mol. The molecule has 2 aromatic heterocycles. The van der Waals surface area contributed by atoms with Gasteiger partial charge in [0.05, 0.1) is 11.7 Å². The second kappa shape index (κ2) is 7.15. The Hall–Kier alpha value is -1.24. The van der Waals surface area contributed by atoms with Gasteiger partial charge in [0.1, 0.15) is 4.83 Å². The van der Waals surface area contributed by atoms with Gasteiger partial charge in [-0.1, -0.05) is 0 Å². The van der Waals surface area contributed by atoms with Crippen molar-refractivity contribution in [3.63, 3.8) is 0 Å². The molecule has 0 bridgehead atoms. The van der Waals surface area contributed by atoms with E-state index in [0.717, 1.165) is 46.8 Å². The smallest absolute Gasteiger partial charge is 0.262 e. The van der Waals surface area contributed by atoms with E-state index in [2.05, 4.69) is 10.3 Å². The van der Waals surface area contributed by atoms with E-state index in [1.807, 2.05) is 20.8 Å². The summed E-state index contributed by atoms with van der Waals surface area (Å²) in [7, 11) is 1.70. The van der Waals surface area contributed by atoms with Crippen molar-refractivity contribution in [2.24, 2.45) is 0 Å². The Morgan fingerprint density at radius 2 is 2.24 bits per heavy atom. The summed E-state index contributed by atoms with van der Waals surface area (Å²) >= 11 is 1.59. The fourth-order valence-electron chi connectivity index (χ4n) is 2.31. The largest absolute Gasteiger partial charge is 0.385 e. The summed E-state index contributed by atoms with van der Waals surface area (Å²) in [6, 6.07) is 0.0801. The van der Waals surface area contributed by atoms with E-state index in [1.165, 1.54) is 0 Å². The number of nitrogens with zero attached hydrogens (tertiary/aromatic N) is 2. The standard InChI is InChI=1S/C15H23N3O2S/c1-10(8-16-6-5-7-20-4)18-9-17-14-13(15(18)19)11(2)12(3)21-14/h9-10,16H,5-8H2,1-4H3. The number of fused-ring (bicyclic) bond motifs is 1. The van der Waals surface area contributed by atoms with E-state index in [9.17, 15) is 4.79 Å². The van der Waals surface area contributed by atoms with Crippen molar-refractivity contribution in [3.8, 4) is 0 Å². The number of aryl methyl sites for hydroxylation is 2. The zero-order chi connectivity index (χ0) is 15.4. The van der Waals surface area contributed by atoms with Gasteiger partial charge in [-0.15, -0.1) is 11.3 Å². The predicted molar refractivity (Wildman–Crippen MR) is 87.4 cm³/mol. The van der Waals surface area contributed by atoms with E-state index < -0.39 is 0 Å². The third-order valence-corrected chi connectivity index (χ3v) is 4.85. The maximum absolute atomic E-state index is 12.6. The molecule has 0 aromatic carbocycles. The van der Waals surface area contributed by atoms with E-state index >= 15 is 0 Å². The second-order valence-corrected chi connectivity index (χ2v) is 6.52. The third kappa shape index (κ3) is 3.51. The molecule has 1 unspecified atom stereocenters. The first-order valence-corrected chi connectivity index (χ1v) is 8.04. The summed E-state index contributed by atoms with van der Waals surface area (Å²) in [5.74, 6) is 0. The highest BCUT2D eigenvalue weighted by atomic mass is 32.1. The van der Waals surface area contributed by atoms with Crippen LogP contribution in [-0.4, -0.2) is 36.4 Å². The minimum Gasteiger partial charge on any atom is -0.385 e. The number of rotatable bonds is 7. The number of hydrogen-bond acceptors (Lipinski definition) is 5. The van der Waals surface area contributed by atoms with Gasteiger partial charge in [-0.05, 0) is 39.3 Å². The molecule has 2 aromatic rings. The number of aromatic nitrogens is 2. The Morgan fingerprint density at radius 1 is 1.48 bits per heavy atom. The molecule has 0 amide bonds. The van der Waals surface area contributed by atoms with Crippen LogP contribution in [0.3, 0.4) is 0 Å². The lowest BCUT2D eigenvalue weighted by molar-refractivity contribution is 0.194. The lowest BCUT2D eigenvalue weighted by Crippen LogP contribution is -2.31. The molecule has 6 heteroatoms. The first-order chi connectivity index (χ1) is 10.1. The number of thiophene rings is 1. The summed E-state index contributed by atoms with van der Waals surface area (Å²) in [5, 5.41) is 4.12. The monoisotopic (exact) mass is 309 g/mol. The Labute approximate surface area is 129 Å². The van der Waals surface area contributed by atoms with Crippen molar-refractivity contribution in [3.05, 3.63) is 27.1 Å². The first kappa shape index (κ1) is 16.1. The molecule has 2 heterocycles. The normalized spacial score (nSPS) is 13.0. The molecule has 0 aliphatic carbocycles. The Bertz CT molecular complexity index is 663. The third-order valence-electron chi connectivity index (χ3n) is 3.73. The van der Waals surface area contributed by atoms with Gasteiger partial charge in [-0.25, -0.2) is 4.98 Å². The fraction of sp³-hybridized carbons (Fsp3) is 0.600. The molecular formula is C15H23N3O2S. The molecule has 2 rings (SSSR count). The maximum atomic E-state index is 12.6. The van der Waals surface area contributed by atoms with Crippen molar-refractivity contribution in [1.82, 2.24) is 14.9 Å². The molecule has 0 spiro atoms. The molecule has 0 aliphatic heterocycles. The minimum atomic E-state index is 0.0630. The van der Waals surface area contributed by atoms with Gasteiger partial charge in [0.2, 0.25) is 0 Å². The summed E-state index contributed by atoms with van der Waals surface area (Å²) in [6.45, 7) is 8.45. The van der Waals surface area contributed by atoms with Crippen LogP contribution in [0.25, 0.3) is 10.2 Å². The number of hydrogen-bond donors (Lipinski definition) is 1. The fourth-order valence-corrected chi connectivity index (χ4v) is 3.30. The number of methoxy groups -OCH3 is 1.